The minimum absolute atomic E-state index is 0.0353. The molecule has 0 amide bonds. The lowest BCUT2D eigenvalue weighted by molar-refractivity contribution is 0.0641. The second kappa shape index (κ2) is 9.39. The summed E-state index contributed by atoms with van der Waals surface area (Å²) in [5.41, 5.74) is -1.66. The van der Waals surface area contributed by atoms with Crippen molar-refractivity contribution in [2.75, 3.05) is 26.9 Å². The van der Waals surface area contributed by atoms with E-state index in [1.807, 2.05) is 0 Å². The van der Waals surface area contributed by atoms with Crippen LogP contribution in [0.25, 0.3) is 0 Å². The number of carbonyl (C=O) groups excluding carboxylic acids is 1. The Morgan fingerprint density at radius 1 is 1.16 bits per heavy atom. The Balaban J connectivity index is 5.20. The van der Waals surface area contributed by atoms with Gasteiger partial charge in [-0.15, -0.1) is 4.52 Å². The molecule has 0 aromatic rings. The fourth-order valence-electron chi connectivity index (χ4n) is 1.07. The third-order valence-electron chi connectivity index (χ3n) is 1.69. The lowest BCUT2D eigenvalue weighted by Crippen LogP contribution is -2.19. The van der Waals surface area contributed by atoms with Gasteiger partial charge >= 0.3 is 27.4 Å². The Morgan fingerprint density at radius 2 is 1.68 bits per heavy atom. The summed E-state index contributed by atoms with van der Waals surface area (Å²) in [7, 11) is -5.42. The topological polar surface area (TPSA) is 97.4 Å². The van der Waals surface area contributed by atoms with Crippen LogP contribution in [0.2, 0.25) is 0 Å². The first kappa shape index (κ1) is 18.5. The SMILES string of the molecule is CCO[P+](=O)C(OC(=O)OC)P(=O)(OCC)OCC. The number of methoxy groups -OCH3 is 1. The van der Waals surface area contributed by atoms with E-state index in [1.165, 1.54) is 0 Å². The van der Waals surface area contributed by atoms with Gasteiger partial charge in [-0.2, -0.15) is 0 Å². The predicted molar refractivity (Wildman–Crippen MR) is 67.4 cm³/mol. The minimum atomic E-state index is -3.91. The van der Waals surface area contributed by atoms with E-state index in [1.54, 1.807) is 20.8 Å². The second-order valence-electron chi connectivity index (χ2n) is 2.98. The summed E-state index contributed by atoms with van der Waals surface area (Å²) in [4.78, 5) is 11.1. The van der Waals surface area contributed by atoms with Crippen LogP contribution in [0.15, 0.2) is 0 Å². The van der Waals surface area contributed by atoms with Gasteiger partial charge in [0.05, 0.1) is 26.9 Å². The maximum atomic E-state index is 12.4. The van der Waals surface area contributed by atoms with Gasteiger partial charge in [0.2, 0.25) is 0 Å². The number of carbonyl (C=O) groups is 1. The van der Waals surface area contributed by atoms with Crippen LogP contribution in [0.4, 0.5) is 4.79 Å². The van der Waals surface area contributed by atoms with Crippen LogP contribution in [-0.2, 0) is 32.2 Å². The zero-order valence-corrected chi connectivity index (χ0v) is 13.1. The Morgan fingerprint density at radius 3 is 2.05 bits per heavy atom. The van der Waals surface area contributed by atoms with Gasteiger partial charge in [0.25, 0.3) is 0 Å². The van der Waals surface area contributed by atoms with E-state index < -0.39 is 27.4 Å². The number of hydrogen-bond acceptors (Lipinski definition) is 8. The molecular weight excluding hydrogens is 298 g/mol. The highest BCUT2D eigenvalue weighted by Gasteiger charge is 2.55. The predicted octanol–water partition coefficient (Wildman–Crippen LogP) is 3.10. The molecule has 2 unspecified atom stereocenters. The molecule has 0 aromatic heterocycles. The quantitative estimate of drug-likeness (QED) is 0.472. The van der Waals surface area contributed by atoms with Crippen LogP contribution >= 0.6 is 15.6 Å². The van der Waals surface area contributed by atoms with Gasteiger partial charge in [0.1, 0.15) is 0 Å². The second-order valence-corrected chi connectivity index (χ2v) is 6.75. The van der Waals surface area contributed by atoms with E-state index >= 15 is 0 Å². The van der Waals surface area contributed by atoms with E-state index in [2.05, 4.69) is 4.74 Å². The minimum Gasteiger partial charge on any atom is -0.438 e. The smallest absolute Gasteiger partial charge is 0.438 e. The molecule has 0 bridgehead atoms. The molecule has 0 fully saturated rings. The Labute approximate surface area is 113 Å². The fraction of sp³-hybridized carbons (Fsp3) is 0.889. The zero-order chi connectivity index (χ0) is 14.9. The molecule has 10 heteroatoms. The highest BCUT2D eigenvalue weighted by atomic mass is 31.2. The van der Waals surface area contributed by atoms with E-state index in [9.17, 15) is 13.9 Å². The molecular formula is C9H19O8P2+. The van der Waals surface area contributed by atoms with Crippen LogP contribution < -0.4 is 0 Å². The number of rotatable bonds is 9. The normalized spacial score (nSPS) is 13.8. The Hall–Kier alpha value is -0.520. The highest BCUT2D eigenvalue weighted by molar-refractivity contribution is 7.66. The van der Waals surface area contributed by atoms with Gasteiger partial charge in [-0.3, -0.25) is 4.57 Å². The van der Waals surface area contributed by atoms with Gasteiger partial charge in [-0.25, -0.2) is 4.79 Å². The van der Waals surface area contributed by atoms with Crippen molar-refractivity contribution in [3.8, 4) is 0 Å². The number of ether oxygens (including phenoxy) is 2. The first-order chi connectivity index (χ1) is 8.95. The zero-order valence-electron chi connectivity index (χ0n) is 11.4. The summed E-state index contributed by atoms with van der Waals surface area (Å²) in [6.07, 6.45) is -1.15. The van der Waals surface area contributed by atoms with Crippen LogP contribution in [0.3, 0.4) is 0 Å². The molecule has 8 nitrogen and oxygen atoms in total. The molecule has 0 rings (SSSR count). The van der Waals surface area contributed by atoms with E-state index in [0.29, 0.717) is 0 Å². The van der Waals surface area contributed by atoms with E-state index in [0.717, 1.165) is 7.11 Å². The molecule has 0 spiro atoms. The van der Waals surface area contributed by atoms with Crippen molar-refractivity contribution in [1.82, 2.24) is 0 Å². The van der Waals surface area contributed by atoms with E-state index in [-0.39, 0.29) is 19.8 Å². The monoisotopic (exact) mass is 317 g/mol. The molecule has 0 heterocycles. The molecule has 112 valence electrons. The first-order valence-electron chi connectivity index (χ1n) is 5.67. The van der Waals surface area contributed by atoms with Crippen molar-refractivity contribution in [1.29, 1.82) is 0 Å². The summed E-state index contributed by atoms with van der Waals surface area (Å²) in [6, 6.07) is 0. The molecule has 0 aliphatic heterocycles. The van der Waals surface area contributed by atoms with Gasteiger partial charge < -0.3 is 18.5 Å². The summed E-state index contributed by atoms with van der Waals surface area (Å²) in [5.74, 6) is 0. The summed E-state index contributed by atoms with van der Waals surface area (Å²) < 4.78 is 48.1. The van der Waals surface area contributed by atoms with Crippen LogP contribution in [0, 0.1) is 0 Å². The highest BCUT2D eigenvalue weighted by Crippen LogP contribution is 2.62. The molecule has 0 radical (unpaired) electrons. The molecule has 0 N–H and O–H groups in total. The van der Waals surface area contributed by atoms with E-state index in [4.69, 9.17) is 18.3 Å². The number of hydrogen-bond donors (Lipinski definition) is 0. The van der Waals surface area contributed by atoms with Crippen LogP contribution in [0.1, 0.15) is 20.8 Å². The van der Waals surface area contributed by atoms with Crippen molar-refractivity contribution in [2.24, 2.45) is 0 Å². The van der Waals surface area contributed by atoms with Crippen molar-refractivity contribution in [3.63, 3.8) is 0 Å². The van der Waals surface area contributed by atoms with Crippen molar-refractivity contribution in [3.05, 3.63) is 0 Å². The van der Waals surface area contributed by atoms with Gasteiger partial charge in [-0.05, 0) is 25.3 Å². The third kappa shape index (κ3) is 5.97. The Kier molecular flexibility index (Phi) is 9.14. The average Bonchev–Trinajstić information content (AvgIpc) is 2.36. The van der Waals surface area contributed by atoms with Gasteiger partial charge in [0, 0.05) is 0 Å². The largest absolute Gasteiger partial charge is 0.567 e. The van der Waals surface area contributed by atoms with Crippen LogP contribution in [-0.4, -0.2) is 38.7 Å². The molecule has 0 saturated carbocycles. The van der Waals surface area contributed by atoms with Crippen LogP contribution in [0.5, 0.6) is 0 Å². The molecule has 0 aliphatic carbocycles. The molecule has 2 atom stereocenters. The standard InChI is InChI=1S/C9H19O8P2/c1-5-14-18(11)9(17-8(10)13-4)19(12,15-6-2)16-7-3/h9H,5-7H2,1-4H3/q+1. The van der Waals surface area contributed by atoms with Gasteiger partial charge in [-0.1, -0.05) is 0 Å². The van der Waals surface area contributed by atoms with Crippen molar-refractivity contribution < 1.29 is 37.0 Å². The summed E-state index contributed by atoms with van der Waals surface area (Å²) in [5, 5.41) is 0. The molecule has 0 aliphatic rings. The van der Waals surface area contributed by atoms with Gasteiger partial charge in [0.15, 0.2) is 0 Å². The summed E-state index contributed by atoms with van der Waals surface area (Å²) >= 11 is 0. The Bertz CT molecular complexity index is 335. The van der Waals surface area contributed by atoms with Crippen molar-refractivity contribution >= 4 is 21.8 Å². The first-order valence-corrected chi connectivity index (χ1v) is 8.53. The maximum Gasteiger partial charge on any atom is 0.567 e. The fourth-order valence-corrected chi connectivity index (χ4v) is 4.42. The third-order valence-corrected chi connectivity index (χ3v) is 5.97. The molecule has 0 aromatic carbocycles. The average molecular weight is 317 g/mol. The summed E-state index contributed by atoms with van der Waals surface area (Å²) in [6.45, 7) is 4.91. The van der Waals surface area contributed by atoms with Crippen molar-refractivity contribution in [2.45, 2.75) is 26.4 Å². The lowest BCUT2D eigenvalue weighted by atomic mass is 10.9. The maximum absolute atomic E-state index is 12.4. The lowest BCUT2D eigenvalue weighted by Gasteiger charge is -2.18. The molecule has 0 saturated heterocycles. The molecule has 19 heavy (non-hydrogen) atoms.